The molecule has 70 valence electrons. The van der Waals surface area contributed by atoms with Crippen LogP contribution >= 0.6 is 0 Å². The first-order chi connectivity index (χ1) is 5.95. The van der Waals surface area contributed by atoms with Gasteiger partial charge in [-0.15, -0.1) is 0 Å². The topological polar surface area (TPSA) is 24.1 Å². The zero-order valence-electron chi connectivity index (χ0n) is 7.81. The van der Waals surface area contributed by atoms with Crippen LogP contribution in [0.25, 0.3) is 0 Å². The molecule has 2 fully saturated rings. The Hall–Kier alpha value is -0.0800. The minimum absolute atomic E-state index is 0.871. The molecule has 2 saturated carbocycles. The standard InChI is InChI=1S/C10H20N2/c1-2-9(3-1)8-11-6-7-12-10-4-5-10/h9-12H,1-8H2. The van der Waals surface area contributed by atoms with Crippen LogP contribution in [0.4, 0.5) is 0 Å². The maximum atomic E-state index is 3.51. The average Bonchev–Trinajstić information content (AvgIpc) is 2.76. The van der Waals surface area contributed by atoms with Crippen molar-refractivity contribution in [2.75, 3.05) is 19.6 Å². The maximum Gasteiger partial charge on any atom is 0.00793 e. The van der Waals surface area contributed by atoms with Crippen LogP contribution in [0, 0.1) is 5.92 Å². The van der Waals surface area contributed by atoms with Crippen LogP contribution in [0.5, 0.6) is 0 Å². The summed E-state index contributed by atoms with van der Waals surface area (Å²) in [7, 11) is 0. The Balaban J connectivity index is 1.35. The minimum Gasteiger partial charge on any atom is -0.315 e. The van der Waals surface area contributed by atoms with Crippen molar-refractivity contribution in [3.05, 3.63) is 0 Å². The summed E-state index contributed by atoms with van der Waals surface area (Å²) in [5.74, 6) is 1.01. The molecule has 0 aromatic heterocycles. The van der Waals surface area contributed by atoms with Gasteiger partial charge in [-0.25, -0.2) is 0 Å². The van der Waals surface area contributed by atoms with Gasteiger partial charge in [0, 0.05) is 19.1 Å². The molecule has 0 aromatic carbocycles. The largest absolute Gasteiger partial charge is 0.315 e. The van der Waals surface area contributed by atoms with E-state index in [4.69, 9.17) is 0 Å². The van der Waals surface area contributed by atoms with E-state index in [9.17, 15) is 0 Å². The van der Waals surface area contributed by atoms with E-state index in [0.717, 1.165) is 25.0 Å². The van der Waals surface area contributed by atoms with Crippen molar-refractivity contribution in [2.45, 2.75) is 38.1 Å². The van der Waals surface area contributed by atoms with Crippen molar-refractivity contribution in [2.24, 2.45) is 5.92 Å². The van der Waals surface area contributed by atoms with Crippen molar-refractivity contribution in [1.29, 1.82) is 0 Å². The summed E-state index contributed by atoms with van der Waals surface area (Å²) >= 11 is 0. The predicted octanol–water partition coefficient (Wildman–Crippen LogP) is 1.13. The van der Waals surface area contributed by atoms with Crippen molar-refractivity contribution in [3.63, 3.8) is 0 Å². The zero-order chi connectivity index (χ0) is 8.23. The minimum atomic E-state index is 0.871. The fourth-order valence-corrected chi connectivity index (χ4v) is 1.66. The van der Waals surface area contributed by atoms with Gasteiger partial charge in [-0.05, 0) is 38.1 Å². The van der Waals surface area contributed by atoms with Gasteiger partial charge in [0.1, 0.15) is 0 Å². The molecule has 0 heterocycles. The third-order valence-corrected chi connectivity index (χ3v) is 2.97. The Bertz CT molecular complexity index is 128. The number of hydrogen-bond acceptors (Lipinski definition) is 2. The summed E-state index contributed by atoms with van der Waals surface area (Å²) in [6.07, 6.45) is 7.20. The monoisotopic (exact) mass is 168 g/mol. The fourth-order valence-electron chi connectivity index (χ4n) is 1.66. The smallest absolute Gasteiger partial charge is 0.00793 e. The third-order valence-electron chi connectivity index (χ3n) is 2.97. The molecule has 2 rings (SSSR count). The zero-order valence-corrected chi connectivity index (χ0v) is 7.81. The Kier molecular flexibility index (Phi) is 3.01. The van der Waals surface area contributed by atoms with Crippen molar-refractivity contribution < 1.29 is 0 Å². The summed E-state index contributed by atoms with van der Waals surface area (Å²) in [4.78, 5) is 0. The van der Waals surface area contributed by atoms with E-state index in [-0.39, 0.29) is 0 Å². The SMILES string of the molecule is C1CC(CNCCNC2CC2)C1. The number of rotatable bonds is 6. The highest BCUT2D eigenvalue weighted by atomic mass is 15.0. The van der Waals surface area contributed by atoms with Gasteiger partial charge in [-0.3, -0.25) is 0 Å². The summed E-state index contributed by atoms with van der Waals surface area (Å²) in [6, 6.07) is 0.871. The second-order valence-electron chi connectivity index (χ2n) is 4.23. The van der Waals surface area contributed by atoms with Gasteiger partial charge in [0.2, 0.25) is 0 Å². The van der Waals surface area contributed by atoms with Gasteiger partial charge in [0.15, 0.2) is 0 Å². The van der Waals surface area contributed by atoms with Gasteiger partial charge in [0.25, 0.3) is 0 Å². The molecule has 0 bridgehead atoms. The van der Waals surface area contributed by atoms with Crippen LogP contribution in [0.3, 0.4) is 0 Å². The maximum absolute atomic E-state index is 3.51. The Morgan fingerprint density at radius 1 is 1.00 bits per heavy atom. The lowest BCUT2D eigenvalue weighted by Gasteiger charge is -2.25. The van der Waals surface area contributed by atoms with E-state index < -0.39 is 0 Å². The third kappa shape index (κ3) is 2.76. The van der Waals surface area contributed by atoms with Crippen LogP contribution < -0.4 is 10.6 Å². The molecule has 0 saturated heterocycles. The second kappa shape index (κ2) is 4.24. The van der Waals surface area contributed by atoms with Gasteiger partial charge in [-0.2, -0.15) is 0 Å². The van der Waals surface area contributed by atoms with E-state index in [1.165, 1.54) is 38.6 Å². The first-order valence-corrected chi connectivity index (χ1v) is 5.39. The van der Waals surface area contributed by atoms with Crippen LogP contribution in [-0.4, -0.2) is 25.7 Å². The highest BCUT2D eigenvalue weighted by Crippen LogP contribution is 2.24. The molecule has 0 aliphatic heterocycles. The highest BCUT2D eigenvalue weighted by molar-refractivity contribution is 4.81. The van der Waals surface area contributed by atoms with E-state index in [1.54, 1.807) is 0 Å². The first kappa shape index (κ1) is 8.52. The lowest BCUT2D eigenvalue weighted by Crippen LogP contribution is -2.33. The quantitative estimate of drug-likeness (QED) is 0.581. The molecule has 12 heavy (non-hydrogen) atoms. The Morgan fingerprint density at radius 3 is 2.42 bits per heavy atom. The van der Waals surface area contributed by atoms with Crippen molar-refractivity contribution in [1.82, 2.24) is 10.6 Å². The Morgan fingerprint density at radius 2 is 1.83 bits per heavy atom. The molecule has 2 aliphatic rings. The highest BCUT2D eigenvalue weighted by Gasteiger charge is 2.19. The normalized spacial score (nSPS) is 24.0. The molecule has 0 aromatic rings. The molecule has 2 heteroatoms. The molecule has 0 atom stereocenters. The molecule has 0 radical (unpaired) electrons. The van der Waals surface area contributed by atoms with E-state index in [2.05, 4.69) is 10.6 Å². The van der Waals surface area contributed by atoms with Crippen LogP contribution in [-0.2, 0) is 0 Å². The molecule has 2 aliphatic carbocycles. The van der Waals surface area contributed by atoms with Gasteiger partial charge < -0.3 is 10.6 Å². The summed E-state index contributed by atoms with van der Waals surface area (Å²) < 4.78 is 0. The summed E-state index contributed by atoms with van der Waals surface area (Å²) in [6.45, 7) is 3.58. The number of hydrogen-bond donors (Lipinski definition) is 2. The summed E-state index contributed by atoms with van der Waals surface area (Å²) in [5, 5.41) is 7.01. The van der Waals surface area contributed by atoms with Crippen LogP contribution in [0.15, 0.2) is 0 Å². The van der Waals surface area contributed by atoms with Gasteiger partial charge in [0.05, 0.1) is 0 Å². The molecular weight excluding hydrogens is 148 g/mol. The molecule has 2 nitrogen and oxygen atoms in total. The van der Waals surface area contributed by atoms with E-state index in [0.29, 0.717) is 0 Å². The average molecular weight is 168 g/mol. The first-order valence-electron chi connectivity index (χ1n) is 5.39. The molecular formula is C10H20N2. The predicted molar refractivity (Wildman–Crippen MR) is 51.2 cm³/mol. The Labute approximate surface area is 75.1 Å². The lowest BCUT2D eigenvalue weighted by atomic mass is 9.85. The fraction of sp³-hybridized carbons (Fsp3) is 1.00. The lowest BCUT2D eigenvalue weighted by molar-refractivity contribution is 0.302. The molecule has 0 amide bonds. The second-order valence-corrected chi connectivity index (χ2v) is 4.23. The van der Waals surface area contributed by atoms with Crippen LogP contribution in [0.2, 0.25) is 0 Å². The van der Waals surface area contributed by atoms with Crippen molar-refractivity contribution in [3.8, 4) is 0 Å². The van der Waals surface area contributed by atoms with E-state index in [1.807, 2.05) is 0 Å². The van der Waals surface area contributed by atoms with Gasteiger partial charge in [-0.1, -0.05) is 6.42 Å². The number of nitrogens with one attached hydrogen (secondary N) is 2. The molecule has 0 spiro atoms. The molecule has 2 N–H and O–H groups in total. The summed E-state index contributed by atoms with van der Waals surface area (Å²) in [5.41, 5.74) is 0. The molecule has 0 unspecified atom stereocenters. The van der Waals surface area contributed by atoms with E-state index >= 15 is 0 Å². The van der Waals surface area contributed by atoms with Crippen molar-refractivity contribution >= 4 is 0 Å². The van der Waals surface area contributed by atoms with Gasteiger partial charge >= 0.3 is 0 Å². The van der Waals surface area contributed by atoms with Crippen LogP contribution in [0.1, 0.15) is 32.1 Å².